The number of nitrogens with one attached hydrogen (secondary N) is 1. The zero-order valence-electron chi connectivity index (χ0n) is 11.9. The molecule has 0 aliphatic heterocycles. The Bertz CT molecular complexity index is 710. The quantitative estimate of drug-likeness (QED) is 0.788. The van der Waals surface area contributed by atoms with E-state index in [1.807, 2.05) is 5.38 Å². The van der Waals surface area contributed by atoms with Crippen LogP contribution in [-0.4, -0.2) is 25.9 Å². The number of carbonyl (C=O) groups excluding carboxylic acids is 1. The van der Waals surface area contributed by atoms with Gasteiger partial charge in [-0.05, 0) is 24.1 Å². The summed E-state index contributed by atoms with van der Waals surface area (Å²) in [7, 11) is -3.66. The molecule has 22 heavy (non-hydrogen) atoms. The van der Waals surface area contributed by atoms with Crippen molar-refractivity contribution in [1.82, 2.24) is 10.3 Å². The van der Waals surface area contributed by atoms with Crippen LogP contribution in [0.1, 0.15) is 17.0 Å². The lowest BCUT2D eigenvalue weighted by molar-refractivity contribution is -0.121. The van der Waals surface area contributed by atoms with E-state index < -0.39 is 10.0 Å². The summed E-state index contributed by atoms with van der Waals surface area (Å²) in [6, 6.07) is 6.33. The summed E-state index contributed by atoms with van der Waals surface area (Å²) in [5.41, 5.74) is 0.938. The topological polar surface area (TPSA) is 102 Å². The van der Waals surface area contributed by atoms with Gasteiger partial charge in [0.1, 0.15) is 0 Å². The fourth-order valence-electron chi connectivity index (χ4n) is 1.88. The van der Waals surface area contributed by atoms with E-state index in [9.17, 15) is 13.2 Å². The Morgan fingerprint density at radius 2 is 1.95 bits per heavy atom. The number of hydrogen-bond acceptors (Lipinski definition) is 5. The van der Waals surface area contributed by atoms with Gasteiger partial charge in [0.15, 0.2) is 0 Å². The van der Waals surface area contributed by atoms with Crippen molar-refractivity contribution in [2.75, 3.05) is 6.54 Å². The Morgan fingerprint density at radius 1 is 1.23 bits per heavy atom. The summed E-state index contributed by atoms with van der Waals surface area (Å²) >= 11 is 1.54. The first-order valence-electron chi connectivity index (χ1n) is 6.72. The molecular weight excluding hydrogens is 322 g/mol. The highest BCUT2D eigenvalue weighted by atomic mass is 32.2. The first-order chi connectivity index (χ1) is 10.4. The van der Waals surface area contributed by atoms with Crippen LogP contribution in [0.2, 0.25) is 0 Å². The van der Waals surface area contributed by atoms with Crippen LogP contribution < -0.4 is 10.5 Å². The summed E-state index contributed by atoms with van der Waals surface area (Å²) in [6.45, 7) is 0.505. The Labute approximate surface area is 133 Å². The van der Waals surface area contributed by atoms with Crippen LogP contribution in [0.4, 0.5) is 0 Å². The van der Waals surface area contributed by atoms with E-state index in [0.29, 0.717) is 25.8 Å². The summed E-state index contributed by atoms with van der Waals surface area (Å²) in [5, 5.41) is 10.7. The third-order valence-electron chi connectivity index (χ3n) is 3.04. The number of hydrogen-bond donors (Lipinski definition) is 2. The van der Waals surface area contributed by atoms with Gasteiger partial charge < -0.3 is 5.32 Å². The Morgan fingerprint density at radius 3 is 2.55 bits per heavy atom. The van der Waals surface area contributed by atoms with Crippen molar-refractivity contribution in [2.45, 2.75) is 24.2 Å². The average Bonchev–Trinajstić information content (AvgIpc) is 2.98. The molecule has 0 aliphatic carbocycles. The minimum absolute atomic E-state index is 0.0173. The minimum Gasteiger partial charge on any atom is -0.356 e. The SMILES string of the molecule is NS(=O)(=O)c1ccc(CCNC(=O)CCc2nccs2)cc1. The largest absolute Gasteiger partial charge is 0.356 e. The number of carbonyl (C=O) groups is 1. The van der Waals surface area contributed by atoms with Gasteiger partial charge in [-0.2, -0.15) is 0 Å². The lowest BCUT2D eigenvalue weighted by Crippen LogP contribution is -2.25. The summed E-state index contributed by atoms with van der Waals surface area (Å²) < 4.78 is 22.3. The van der Waals surface area contributed by atoms with E-state index in [1.165, 1.54) is 23.5 Å². The maximum absolute atomic E-state index is 11.7. The monoisotopic (exact) mass is 339 g/mol. The molecule has 0 saturated heterocycles. The number of amides is 1. The van der Waals surface area contributed by atoms with Gasteiger partial charge in [0.2, 0.25) is 15.9 Å². The second-order valence-electron chi connectivity index (χ2n) is 4.71. The molecule has 118 valence electrons. The van der Waals surface area contributed by atoms with Crippen molar-refractivity contribution in [3.05, 3.63) is 46.4 Å². The summed E-state index contributed by atoms with van der Waals surface area (Å²) in [4.78, 5) is 15.9. The van der Waals surface area contributed by atoms with E-state index in [0.717, 1.165) is 10.6 Å². The predicted octanol–water partition coefficient (Wildman–Crippen LogP) is 1.08. The van der Waals surface area contributed by atoms with Gasteiger partial charge in [0.25, 0.3) is 0 Å². The normalized spacial score (nSPS) is 11.3. The first-order valence-corrected chi connectivity index (χ1v) is 9.14. The van der Waals surface area contributed by atoms with E-state index in [-0.39, 0.29) is 10.8 Å². The highest BCUT2D eigenvalue weighted by Gasteiger charge is 2.07. The standard InChI is InChI=1S/C14H17N3O3S2/c15-22(19,20)12-3-1-11(2-4-12)7-8-16-13(18)5-6-14-17-9-10-21-14/h1-4,9-10H,5-8H2,(H,16,18)(H2,15,19,20). The van der Waals surface area contributed by atoms with Crippen LogP contribution in [0.15, 0.2) is 40.7 Å². The molecule has 2 rings (SSSR count). The summed E-state index contributed by atoms with van der Waals surface area (Å²) in [6.07, 6.45) is 3.42. The van der Waals surface area contributed by atoms with Gasteiger partial charge in [-0.3, -0.25) is 4.79 Å². The van der Waals surface area contributed by atoms with E-state index in [1.54, 1.807) is 18.3 Å². The molecule has 2 aromatic rings. The highest BCUT2D eigenvalue weighted by molar-refractivity contribution is 7.89. The van der Waals surface area contributed by atoms with Crippen molar-refractivity contribution in [3.63, 3.8) is 0 Å². The molecule has 0 unspecified atom stereocenters. The zero-order valence-corrected chi connectivity index (χ0v) is 13.5. The maximum Gasteiger partial charge on any atom is 0.238 e. The number of nitrogens with two attached hydrogens (primary N) is 1. The molecule has 6 nitrogen and oxygen atoms in total. The van der Waals surface area contributed by atoms with Gasteiger partial charge >= 0.3 is 0 Å². The minimum atomic E-state index is -3.66. The number of primary sulfonamides is 1. The fourth-order valence-corrected chi connectivity index (χ4v) is 3.01. The Balaban J connectivity index is 1.73. The van der Waals surface area contributed by atoms with E-state index in [4.69, 9.17) is 5.14 Å². The molecule has 0 radical (unpaired) electrons. The van der Waals surface area contributed by atoms with Crippen LogP contribution in [0.25, 0.3) is 0 Å². The van der Waals surface area contributed by atoms with Gasteiger partial charge in [0.05, 0.1) is 9.90 Å². The fraction of sp³-hybridized carbons (Fsp3) is 0.286. The van der Waals surface area contributed by atoms with Crippen LogP contribution in [0, 0.1) is 0 Å². The zero-order chi connectivity index (χ0) is 16.0. The molecule has 1 aromatic carbocycles. The molecule has 1 amide bonds. The second-order valence-corrected chi connectivity index (χ2v) is 7.26. The second kappa shape index (κ2) is 7.48. The molecule has 0 saturated carbocycles. The van der Waals surface area contributed by atoms with Gasteiger partial charge in [-0.1, -0.05) is 12.1 Å². The molecule has 1 aromatic heterocycles. The number of nitrogens with zero attached hydrogens (tertiary/aromatic N) is 1. The summed E-state index contributed by atoms with van der Waals surface area (Å²) in [5.74, 6) is -0.0173. The van der Waals surface area contributed by atoms with Crippen molar-refractivity contribution >= 4 is 27.3 Å². The van der Waals surface area contributed by atoms with E-state index in [2.05, 4.69) is 10.3 Å². The molecule has 0 aliphatic rings. The number of sulfonamides is 1. The third kappa shape index (κ3) is 5.21. The third-order valence-corrected chi connectivity index (χ3v) is 4.81. The highest BCUT2D eigenvalue weighted by Crippen LogP contribution is 2.09. The smallest absolute Gasteiger partial charge is 0.238 e. The van der Waals surface area contributed by atoms with Crippen LogP contribution in [-0.2, 0) is 27.7 Å². The molecular formula is C14H17N3O3S2. The lowest BCUT2D eigenvalue weighted by Gasteiger charge is -2.05. The number of rotatable bonds is 7. The Hall–Kier alpha value is -1.77. The number of aromatic nitrogens is 1. The maximum atomic E-state index is 11.7. The van der Waals surface area contributed by atoms with Gasteiger partial charge in [-0.15, -0.1) is 11.3 Å². The van der Waals surface area contributed by atoms with Crippen molar-refractivity contribution in [3.8, 4) is 0 Å². The average molecular weight is 339 g/mol. The van der Waals surface area contributed by atoms with Crippen molar-refractivity contribution in [1.29, 1.82) is 0 Å². The van der Waals surface area contributed by atoms with E-state index >= 15 is 0 Å². The molecule has 3 N–H and O–H groups in total. The van der Waals surface area contributed by atoms with Crippen LogP contribution in [0.3, 0.4) is 0 Å². The molecule has 0 atom stereocenters. The molecule has 0 fully saturated rings. The van der Waals surface area contributed by atoms with Gasteiger partial charge in [-0.25, -0.2) is 18.5 Å². The lowest BCUT2D eigenvalue weighted by atomic mass is 10.1. The van der Waals surface area contributed by atoms with Crippen LogP contribution in [0.5, 0.6) is 0 Å². The molecule has 0 bridgehead atoms. The molecule has 0 spiro atoms. The van der Waals surface area contributed by atoms with Crippen molar-refractivity contribution in [2.24, 2.45) is 5.14 Å². The first kappa shape index (κ1) is 16.6. The number of benzene rings is 1. The molecule has 8 heteroatoms. The van der Waals surface area contributed by atoms with Gasteiger partial charge in [0, 0.05) is 31.0 Å². The molecule has 1 heterocycles. The number of thiazole rings is 1. The van der Waals surface area contributed by atoms with Crippen LogP contribution >= 0.6 is 11.3 Å². The van der Waals surface area contributed by atoms with Crippen molar-refractivity contribution < 1.29 is 13.2 Å². The number of aryl methyl sites for hydroxylation is 1. The predicted molar refractivity (Wildman–Crippen MR) is 85.0 cm³/mol. The Kier molecular flexibility index (Phi) is 5.64.